The Bertz CT molecular complexity index is 359. The first kappa shape index (κ1) is 16.7. The molecule has 1 aliphatic rings. The molecule has 0 aromatic rings. The molecule has 5 nitrogen and oxygen atoms in total. The van der Waals surface area contributed by atoms with Gasteiger partial charge in [-0.3, -0.25) is 4.79 Å². The van der Waals surface area contributed by atoms with Gasteiger partial charge in [0.15, 0.2) is 9.84 Å². The summed E-state index contributed by atoms with van der Waals surface area (Å²) in [5, 5.41) is 0. The second kappa shape index (κ2) is 6.56. The van der Waals surface area contributed by atoms with Gasteiger partial charge in [0.2, 0.25) is 5.91 Å². The molecule has 1 rings (SSSR count). The van der Waals surface area contributed by atoms with Gasteiger partial charge in [0.25, 0.3) is 0 Å². The number of sulfone groups is 1. The molecule has 2 unspecified atom stereocenters. The van der Waals surface area contributed by atoms with Crippen LogP contribution in [0.15, 0.2) is 0 Å². The second-order valence-corrected chi connectivity index (χ2v) is 6.72. The molecule has 0 aliphatic carbocycles. The third-order valence-corrected chi connectivity index (χ3v) is 3.83. The minimum Gasteiger partial charge on any atom is -0.337 e. The molecule has 1 heterocycles. The standard InChI is InChI=1S/C10H20N2O3S.ClH/c1-8-4-3-5-12(9(8)6-11)10(13)7-16(2,14)15;/h8-9H,3-7,11H2,1-2H3;1H. The van der Waals surface area contributed by atoms with Crippen LogP contribution in [-0.2, 0) is 14.6 Å². The normalized spacial score (nSPS) is 25.2. The molecule has 0 aromatic carbocycles. The van der Waals surface area contributed by atoms with E-state index in [0.717, 1.165) is 19.1 Å². The molecule has 102 valence electrons. The molecule has 1 aliphatic heterocycles. The van der Waals surface area contributed by atoms with Crippen molar-refractivity contribution < 1.29 is 13.2 Å². The summed E-state index contributed by atoms with van der Waals surface area (Å²) in [6.45, 7) is 3.08. The fraction of sp³-hybridized carbons (Fsp3) is 0.900. The lowest BCUT2D eigenvalue weighted by Crippen LogP contribution is -2.52. The van der Waals surface area contributed by atoms with Crippen LogP contribution >= 0.6 is 12.4 Å². The van der Waals surface area contributed by atoms with E-state index in [4.69, 9.17) is 5.73 Å². The summed E-state index contributed by atoms with van der Waals surface area (Å²) in [6, 6.07) is -0.0111. The van der Waals surface area contributed by atoms with Crippen molar-refractivity contribution in [1.82, 2.24) is 4.90 Å². The number of amides is 1. The topological polar surface area (TPSA) is 80.5 Å². The lowest BCUT2D eigenvalue weighted by Gasteiger charge is -2.39. The number of piperidine rings is 1. The fourth-order valence-corrected chi connectivity index (χ4v) is 2.84. The van der Waals surface area contributed by atoms with Gasteiger partial charge in [-0.05, 0) is 18.8 Å². The van der Waals surface area contributed by atoms with Gasteiger partial charge in [0.1, 0.15) is 5.75 Å². The van der Waals surface area contributed by atoms with Crippen LogP contribution < -0.4 is 5.73 Å². The van der Waals surface area contributed by atoms with Crippen LogP contribution in [0.2, 0.25) is 0 Å². The van der Waals surface area contributed by atoms with Crippen molar-refractivity contribution in [3.63, 3.8) is 0 Å². The highest BCUT2D eigenvalue weighted by molar-refractivity contribution is 7.91. The molecule has 0 radical (unpaired) electrons. The zero-order chi connectivity index (χ0) is 12.3. The van der Waals surface area contributed by atoms with E-state index in [9.17, 15) is 13.2 Å². The maximum atomic E-state index is 11.8. The number of carbonyl (C=O) groups excluding carboxylic acids is 1. The smallest absolute Gasteiger partial charge is 0.238 e. The van der Waals surface area contributed by atoms with E-state index >= 15 is 0 Å². The maximum Gasteiger partial charge on any atom is 0.238 e. The predicted molar refractivity (Wildman–Crippen MR) is 69.9 cm³/mol. The van der Waals surface area contributed by atoms with Gasteiger partial charge in [0, 0.05) is 25.4 Å². The third-order valence-electron chi connectivity index (χ3n) is 3.06. The Labute approximate surface area is 109 Å². The number of likely N-dealkylation sites (tertiary alicyclic amines) is 1. The van der Waals surface area contributed by atoms with E-state index in [1.165, 1.54) is 0 Å². The molecule has 0 spiro atoms. The van der Waals surface area contributed by atoms with E-state index in [2.05, 4.69) is 6.92 Å². The number of nitrogens with two attached hydrogens (primary N) is 1. The number of rotatable bonds is 3. The molecule has 0 bridgehead atoms. The first-order valence-corrected chi connectivity index (χ1v) is 7.58. The molecular weight excluding hydrogens is 264 g/mol. The molecule has 17 heavy (non-hydrogen) atoms. The first-order valence-electron chi connectivity index (χ1n) is 5.52. The summed E-state index contributed by atoms with van der Waals surface area (Å²) < 4.78 is 22.2. The summed E-state index contributed by atoms with van der Waals surface area (Å²) in [6.07, 6.45) is 3.05. The number of nitrogens with zero attached hydrogens (tertiary/aromatic N) is 1. The Morgan fingerprint density at radius 3 is 2.53 bits per heavy atom. The van der Waals surface area contributed by atoms with Crippen LogP contribution in [0.5, 0.6) is 0 Å². The Balaban J connectivity index is 0.00000256. The van der Waals surface area contributed by atoms with Gasteiger partial charge in [-0.1, -0.05) is 6.92 Å². The van der Waals surface area contributed by atoms with Crippen molar-refractivity contribution in [1.29, 1.82) is 0 Å². The molecule has 2 N–H and O–H groups in total. The van der Waals surface area contributed by atoms with Crippen LogP contribution in [0.4, 0.5) is 0 Å². The SMILES string of the molecule is CC1CCCN(C(=O)CS(C)(=O)=O)C1CN.Cl. The summed E-state index contributed by atoms with van der Waals surface area (Å²) in [7, 11) is -3.25. The van der Waals surface area contributed by atoms with Gasteiger partial charge in [-0.25, -0.2) is 8.42 Å². The summed E-state index contributed by atoms with van der Waals surface area (Å²) in [5.74, 6) is -0.372. The number of halogens is 1. The molecule has 1 amide bonds. The van der Waals surface area contributed by atoms with Gasteiger partial charge in [-0.2, -0.15) is 0 Å². The highest BCUT2D eigenvalue weighted by Gasteiger charge is 2.31. The van der Waals surface area contributed by atoms with Crippen LogP contribution in [0.1, 0.15) is 19.8 Å². The second-order valence-electron chi connectivity index (χ2n) is 4.58. The zero-order valence-electron chi connectivity index (χ0n) is 10.3. The van der Waals surface area contributed by atoms with Crippen molar-refractivity contribution in [2.75, 3.05) is 25.1 Å². The highest BCUT2D eigenvalue weighted by atomic mass is 35.5. The minimum atomic E-state index is -3.25. The first-order chi connectivity index (χ1) is 7.35. The highest BCUT2D eigenvalue weighted by Crippen LogP contribution is 2.22. The minimum absolute atomic E-state index is 0. The quantitative estimate of drug-likeness (QED) is 0.793. The van der Waals surface area contributed by atoms with E-state index < -0.39 is 15.6 Å². The molecule has 0 saturated carbocycles. The zero-order valence-corrected chi connectivity index (χ0v) is 11.9. The summed E-state index contributed by atoms with van der Waals surface area (Å²) in [5.41, 5.74) is 5.64. The Morgan fingerprint density at radius 2 is 2.06 bits per heavy atom. The van der Waals surface area contributed by atoms with Crippen molar-refractivity contribution in [3.05, 3.63) is 0 Å². The van der Waals surface area contributed by atoms with Crippen LogP contribution in [0.3, 0.4) is 0 Å². The van der Waals surface area contributed by atoms with E-state index in [1.807, 2.05) is 0 Å². The molecular formula is C10H21ClN2O3S. The van der Waals surface area contributed by atoms with Crippen LogP contribution in [0.25, 0.3) is 0 Å². The van der Waals surface area contributed by atoms with E-state index in [1.54, 1.807) is 4.90 Å². The fourth-order valence-electron chi connectivity index (χ4n) is 2.23. The van der Waals surface area contributed by atoms with Crippen molar-refractivity contribution in [2.24, 2.45) is 11.7 Å². The van der Waals surface area contributed by atoms with Crippen molar-refractivity contribution in [3.8, 4) is 0 Å². The number of hydrogen-bond acceptors (Lipinski definition) is 4. The Kier molecular flexibility index (Phi) is 6.43. The number of carbonyl (C=O) groups is 1. The number of hydrogen-bond donors (Lipinski definition) is 1. The molecule has 0 aromatic heterocycles. The lowest BCUT2D eigenvalue weighted by molar-refractivity contribution is -0.133. The largest absolute Gasteiger partial charge is 0.337 e. The van der Waals surface area contributed by atoms with Crippen molar-refractivity contribution in [2.45, 2.75) is 25.8 Å². The average Bonchev–Trinajstić information content (AvgIpc) is 2.14. The van der Waals surface area contributed by atoms with Gasteiger partial charge >= 0.3 is 0 Å². The molecule has 7 heteroatoms. The van der Waals surface area contributed by atoms with E-state index in [0.29, 0.717) is 19.0 Å². The van der Waals surface area contributed by atoms with Gasteiger partial charge < -0.3 is 10.6 Å². The predicted octanol–water partition coefficient (Wildman–Crippen LogP) is 0.0386. The van der Waals surface area contributed by atoms with Gasteiger partial charge in [-0.15, -0.1) is 12.4 Å². The Hall–Kier alpha value is -0.330. The maximum absolute atomic E-state index is 11.8. The lowest BCUT2D eigenvalue weighted by atomic mass is 9.91. The van der Waals surface area contributed by atoms with Crippen LogP contribution in [0, 0.1) is 5.92 Å². The monoisotopic (exact) mass is 284 g/mol. The Morgan fingerprint density at radius 1 is 1.47 bits per heavy atom. The average molecular weight is 285 g/mol. The summed E-state index contributed by atoms with van der Waals surface area (Å²) in [4.78, 5) is 13.5. The van der Waals surface area contributed by atoms with Crippen molar-refractivity contribution >= 4 is 28.2 Å². The third kappa shape index (κ3) is 4.81. The molecule has 2 atom stereocenters. The molecule has 1 saturated heterocycles. The molecule has 1 fully saturated rings. The van der Waals surface area contributed by atoms with Crippen LogP contribution in [-0.4, -0.2) is 50.4 Å². The summed E-state index contributed by atoms with van der Waals surface area (Å²) >= 11 is 0. The van der Waals surface area contributed by atoms with E-state index in [-0.39, 0.29) is 24.4 Å². The van der Waals surface area contributed by atoms with Gasteiger partial charge in [0.05, 0.1) is 0 Å².